The van der Waals surface area contributed by atoms with Gasteiger partial charge in [0.05, 0.1) is 6.04 Å². The summed E-state index contributed by atoms with van der Waals surface area (Å²) in [6.07, 6.45) is 3.78. The molecule has 0 aromatic carbocycles. The highest BCUT2D eigenvalue weighted by atomic mass is 16.5. The SMILES string of the molecule is CCC(N)c1noc(-c2c[nH]ccc2=O)n1. The molecule has 2 heterocycles. The van der Waals surface area contributed by atoms with Crippen molar-refractivity contribution in [2.45, 2.75) is 19.4 Å². The van der Waals surface area contributed by atoms with Crippen LogP contribution in [0, 0.1) is 0 Å². The molecular formula is C10H12N4O2. The lowest BCUT2D eigenvalue weighted by atomic mass is 10.2. The summed E-state index contributed by atoms with van der Waals surface area (Å²) in [5, 5.41) is 3.74. The molecule has 0 aliphatic rings. The van der Waals surface area contributed by atoms with Gasteiger partial charge in [-0.05, 0) is 6.42 Å². The Balaban J connectivity index is 2.39. The van der Waals surface area contributed by atoms with E-state index in [0.29, 0.717) is 17.8 Å². The molecule has 0 radical (unpaired) electrons. The van der Waals surface area contributed by atoms with Crippen molar-refractivity contribution in [3.63, 3.8) is 0 Å². The fourth-order valence-electron chi connectivity index (χ4n) is 1.26. The average Bonchev–Trinajstić information content (AvgIpc) is 2.78. The second kappa shape index (κ2) is 4.28. The number of rotatable bonds is 3. The number of hydrogen-bond donors (Lipinski definition) is 2. The maximum atomic E-state index is 11.5. The fraction of sp³-hybridized carbons (Fsp3) is 0.300. The van der Waals surface area contributed by atoms with Crippen molar-refractivity contribution in [3.8, 4) is 11.5 Å². The zero-order valence-corrected chi connectivity index (χ0v) is 8.80. The van der Waals surface area contributed by atoms with E-state index in [4.69, 9.17) is 10.3 Å². The van der Waals surface area contributed by atoms with Crippen LogP contribution in [0.4, 0.5) is 0 Å². The van der Waals surface area contributed by atoms with Gasteiger partial charge >= 0.3 is 0 Å². The largest absolute Gasteiger partial charge is 0.367 e. The van der Waals surface area contributed by atoms with Gasteiger partial charge in [-0.3, -0.25) is 4.79 Å². The average molecular weight is 220 g/mol. The molecule has 0 aliphatic heterocycles. The van der Waals surface area contributed by atoms with E-state index in [1.807, 2.05) is 6.92 Å². The summed E-state index contributed by atoms with van der Waals surface area (Å²) in [6, 6.07) is 1.14. The third-order valence-electron chi connectivity index (χ3n) is 2.27. The van der Waals surface area contributed by atoms with Crippen LogP contribution in [-0.4, -0.2) is 15.1 Å². The van der Waals surface area contributed by atoms with Crippen LogP contribution in [0.1, 0.15) is 25.2 Å². The van der Waals surface area contributed by atoms with E-state index >= 15 is 0 Å². The van der Waals surface area contributed by atoms with E-state index in [2.05, 4.69) is 15.1 Å². The molecule has 84 valence electrons. The van der Waals surface area contributed by atoms with Crippen LogP contribution in [0.25, 0.3) is 11.5 Å². The lowest BCUT2D eigenvalue weighted by Crippen LogP contribution is -2.10. The van der Waals surface area contributed by atoms with Crippen LogP contribution in [0.2, 0.25) is 0 Å². The topological polar surface area (TPSA) is 97.8 Å². The molecule has 0 bridgehead atoms. The third-order valence-corrected chi connectivity index (χ3v) is 2.27. The number of H-pyrrole nitrogens is 1. The van der Waals surface area contributed by atoms with Crippen molar-refractivity contribution in [2.75, 3.05) is 0 Å². The van der Waals surface area contributed by atoms with E-state index in [-0.39, 0.29) is 17.4 Å². The standard InChI is InChI=1S/C10H12N4O2/c1-2-7(11)9-13-10(16-14-9)6-5-12-4-3-8(6)15/h3-5,7H,2,11H2,1H3,(H,12,15). The summed E-state index contributed by atoms with van der Waals surface area (Å²) >= 11 is 0. The third kappa shape index (κ3) is 1.87. The van der Waals surface area contributed by atoms with Crippen LogP contribution >= 0.6 is 0 Å². The van der Waals surface area contributed by atoms with Gasteiger partial charge in [0.25, 0.3) is 5.89 Å². The minimum absolute atomic E-state index is 0.168. The van der Waals surface area contributed by atoms with E-state index < -0.39 is 0 Å². The molecule has 3 N–H and O–H groups in total. The maximum absolute atomic E-state index is 11.5. The number of hydrogen-bond acceptors (Lipinski definition) is 5. The van der Waals surface area contributed by atoms with Crippen molar-refractivity contribution in [3.05, 3.63) is 34.5 Å². The lowest BCUT2D eigenvalue weighted by molar-refractivity contribution is 0.414. The zero-order valence-electron chi connectivity index (χ0n) is 8.80. The summed E-state index contributed by atoms with van der Waals surface area (Å²) in [5.41, 5.74) is 5.94. The zero-order chi connectivity index (χ0) is 11.5. The molecule has 0 saturated heterocycles. The van der Waals surface area contributed by atoms with E-state index in [1.54, 1.807) is 6.20 Å². The van der Waals surface area contributed by atoms with E-state index in [1.165, 1.54) is 12.3 Å². The Morgan fingerprint density at radius 2 is 2.44 bits per heavy atom. The number of nitrogens with two attached hydrogens (primary N) is 1. The number of aromatic amines is 1. The van der Waals surface area contributed by atoms with Crippen molar-refractivity contribution in [2.24, 2.45) is 5.73 Å². The Kier molecular flexibility index (Phi) is 2.82. The second-order valence-electron chi connectivity index (χ2n) is 3.39. The molecule has 1 unspecified atom stereocenters. The number of nitrogens with one attached hydrogen (secondary N) is 1. The maximum Gasteiger partial charge on any atom is 0.263 e. The first-order chi connectivity index (χ1) is 7.72. The molecule has 0 saturated carbocycles. The van der Waals surface area contributed by atoms with Crippen LogP contribution in [0.5, 0.6) is 0 Å². The van der Waals surface area contributed by atoms with Crippen LogP contribution < -0.4 is 11.2 Å². The van der Waals surface area contributed by atoms with Gasteiger partial charge in [0, 0.05) is 18.5 Å². The van der Waals surface area contributed by atoms with Gasteiger partial charge in [0.2, 0.25) is 0 Å². The Bertz CT molecular complexity index is 531. The second-order valence-corrected chi connectivity index (χ2v) is 3.39. The molecule has 0 amide bonds. The van der Waals surface area contributed by atoms with Crippen molar-refractivity contribution < 1.29 is 4.52 Å². The Morgan fingerprint density at radius 1 is 1.62 bits per heavy atom. The monoisotopic (exact) mass is 220 g/mol. The number of pyridine rings is 1. The molecule has 6 heteroatoms. The van der Waals surface area contributed by atoms with Gasteiger partial charge in [0.15, 0.2) is 11.3 Å². The molecule has 6 nitrogen and oxygen atoms in total. The number of nitrogens with zero attached hydrogens (tertiary/aromatic N) is 2. The fourth-order valence-corrected chi connectivity index (χ4v) is 1.26. The van der Waals surface area contributed by atoms with Gasteiger partial charge in [-0.1, -0.05) is 12.1 Å². The molecule has 2 aromatic rings. The molecule has 16 heavy (non-hydrogen) atoms. The molecule has 0 spiro atoms. The quantitative estimate of drug-likeness (QED) is 0.798. The van der Waals surface area contributed by atoms with Gasteiger partial charge in [0.1, 0.15) is 5.56 Å². The molecule has 1 atom stereocenters. The van der Waals surface area contributed by atoms with Gasteiger partial charge in [-0.15, -0.1) is 0 Å². The highest BCUT2D eigenvalue weighted by molar-refractivity contribution is 5.50. The lowest BCUT2D eigenvalue weighted by Gasteiger charge is -1.99. The summed E-state index contributed by atoms with van der Waals surface area (Å²) < 4.78 is 4.99. The summed E-state index contributed by atoms with van der Waals surface area (Å²) in [5.74, 6) is 0.613. The number of aromatic nitrogens is 3. The van der Waals surface area contributed by atoms with E-state index in [0.717, 1.165) is 0 Å². The van der Waals surface area contributed by atoms with E-state index in [9.17, 15) is 4.79 Å². The Labute approximate surface area is 91.5 Å². The summed E-state index contributed by atoms with van der Waals surface area (Å²) in [7, 11) is 0. The minimum atomic E-state index is -0.264. The minimum Gasteiger partial charge on any atom is -0.367 e. The first kappa shape index (κ1) is 10.6. The van der Waals surface area contributed by atoms with Crippen LogP contribution in [0.15, 0.2) is 27.8 Å². The van der Waals surface area contributed by atoms with Crippen molar-refractivity contribution >= 4 is 0 Å². The molecule has 0 fully saturated rings. The van der Waals surface area contributed by atoms with Crippen molar-refractivity contribution in [1.29, 1.82) is 0 Å². The predicted octanol–water partition coefficient (Wildman–Crippen LogP) is 0.835. The summed E-state index contributed by atoms with van der Waals surface area (Å²) in [6.45, 7) is 1.93. The molecular weight excluding hydrogens is 208 g/mol. The van der Waals surface area contributed by atoms with Gasteiger partial charge in [-0.25, -0.2) is 0 Å². The molecule has 0 aliphatic carbocycles. The first-order valence-electron chi connectivity index (χ1n) is 4.99. The van der Waals surface area contributed by atoms with Gasteiger partial charge in [-0.2, -0.15) is 4.98 Å². The Morgan fingerprint density at radius 3 is 3.12 bits per heavy atom. The normalized spacial score (nSPS) is 12.6. The van der Waals surface area contributed by atoms with Crippen LogP contribution in [-0.2, 0) is 0 Å². The molecule has 2 rings (SSSR count). The molecule has 2 aromatic heterocycles. The highest BCUT2D eigenvalue weighted by Crippen LogP contribution is 2.15. The smallest absolute Gasteiger partial charge is 0.263 e. The van der Waals surface area contributed by atoms with Gasteiger partial charge < -0.3 is 15.2 Å². The van der Waals surface area contributed by atoms with Crippen molar-refractivity contribution in [1.82, 2.24) is 15.1 Å². The predicted molar refractivity (Wildman–Crippen MR) is 57.6 cm³/mol. The summed E-state index contributed by atoms with van der Waals surface area (Å²) in [4.78, 5) is 18.4. The van der Waals surface area contributed by atoms with Crippen LogP contribution in [0.3, 0.4) is 0 Å². The first-order valence-corrected chi connectivity index (χ1v) is 4.99. The Hall–Kier alpha value is -1.95. The highest BCUT2D eigenvalue weighted by Gasteiger charge is 2.15.